The lowest BCUT2D eigenvalue weighted by molar-refractivity contribution is -0.138. The van der Waals surface area contributed by atoms with Gasteiger partial charge in [0.15, 0.2) is 0 Å². The maximum Gasteiger partial charge on any atom is 0.338 e. The number of carbonyl (C=O) groups excluding carboxylic acids is 3. The van der Waals surface area contributed by atoms with Crippen molar-refractivity contribution in [2.75, 3.05) is 7.11 Å². The van der Waals surface area contributed by atoms with E-state index in [1.807, 2.05) is 6.07 Å². The molecule has 1 saturated heterocycles. The average Bonchev–Trinajstić information content (AvgIpc) is 2.56. The number of rotatable bonds is 4. The van der Waals surface area contributed by atoms with E-state index in [4.69, 9.17) is 10.00 Å². The molecule has 1 aromatic carbocycles. The van der Waals surface area contributed by atoms with Crippen molar-refractivity contribution in [2.24, 2.45) is 0 Å². The van der Waals surface area contributed by atoms with Crippen LogP contribution in [0.3, 0.4) is 0 Å². The molecule has 0 aromatic heterocycles. The van der Waals surface area contributed by atoms with E-state index in [1.165, 1.54) is 19.2 Å². The van der Waals surface area contributed by atoms with E-state index >= 15 is 0 Å². The standard InChI is InChI=1S/C16H17N3O4/c1-16(6-5-13(20)19-15(16)22)18-9-11-7-10(8-17)3-4-12(11)14(21)23-2/h3-4,7,18H,5-6,9H2,1-2H3,(H,19,20,22)/t16-/m1/s1. The zero-order valence-electron chi connectivity index (χ0n) is 12.9. The third-order valence-corrected chi connectivity index (χ3v) is 3.91. The minimum absolute atomic E-state index is 0.193. The van der Waals surface area contributed by atoms with Crippen molar-refractivity contribution in [3.8, 4) is 6.07 Å². The van der Waals surface area contributed by atoms with Crippen LogP contribution in [-0.2, 0) is 20.9 Å². The zero-order valence-corrected chi connectivity index (χ0v) is 12.9. The predicted molar refractivity (Wildman–Crippen MR) is 80.1 cm³/mol. The smallest absolute Gasteiger partial charge is 0.338 e. The summed E-state index contributed by atoms with van der Waals surface area (Å²) in [5.74, 6) is -1.21. The van der Waals surface area contributed by atoms with Crippen molar-refractivity contribution in [1.29, 1.82) is 5.26 Å². The molecule has 0 spiro atoms. The fourth-order valence-electron chi connectivity index (χ4n) is 2.38. The molecule has 1 heterocycles. The molecular formula is C16H17N3O4. The summed E-state index contributed by atoms with van der Waals surface area (Å²) >= 11 is 0. The Bertz CT molecular complexity index is 708. The number of hydrogen-bond donors (Lipinski definition) is 2. The van der Waals surface area contributed by atoms with Gasteiger partial charge in [0.05, 0.1) is 29.8 Å². The molecule has 2 rings (SSSR count). The van der Waals surface area contributed by atoms with Crippen LogP contribution in [0.1, 0.15) is 41.3 Å². The van der Waals surface area contributed by atoms with Gasteiger partial charge in [0.1, 0.15) is 0 Å². The molecule has 0 bridgehead atoms. The van der Waals surface area contributed by atoms with Gasteiger partial charge in [-0.15, -0.1) is 0 Å². The number of methoxy groups -OCH3 is 1. The molecule has 2 amide bonds. The first-order valence-corrected chi connectivity index (χ1v) is 7.10. The first-order chi connectivity index (χ1) is 10.9. The van der Waals surface area contributed by atoms with Crippen LogP contribution >= 0.6 is 0 Å². The molecule has 0 unspecified atom stereocenters. The highest BCUT2D eigenvalue weighted by molar-refractivity contribution is 6.02. The van der Waals surface area contributed by atoms with Crippen molar-refractivity contribution in [3.63, 3.8) is 0 Å². The van der Waals surface area contributed by atoms with E-state index < -0.39 is 17.4 Å². The third kappa shape index (κ3) is 3.55. The number of amides is 2. The lowest BCUT2D eigenvalue weighted by atomic mass is 9.90. The van der Waals surface area contributed by atoms with Gasteiger partial charge in [-0.25, -0.2) is 4.79 Å². The highest BCUT2D eigenvalue weighted by atomic mass is 16.5. The normalized spacial score (nSPS) is 20.6. The molecule has 0 saturated carbocycles. The molecule has 1 fully saturated rings. The summed E-state index contributed by atoms with van der Waals surface area (Å²) < 4.78 is 4.73. The van der Waals surface area contributed by atoms with Gasteiger partial charge >= 0.3 is 5.97 Å². The van der Waals surface area contributed by atoms with Crippen LogP contribution in [0, 0.1) is 11.3 Å². The Hall–Kier alpha value is -2.72. The van der Waals surface area contributed by atoms with Crippen LogP contribution in [0.5, 0.6) is 0 Å². The molecule has 0 aliphatic carbocycles. The predicted octanol–water partition coefficient (Wildman–Crippen LogP) is 0.630. The highest BCUT2D eigenvalue weighted by Crippen LogP contribution is 2.20. The van der Waals surface area contributed by atoms with E-state index in [9.17, 15) is 14.4 Å². The van der Waals surface area contributed by atoms with E-state index in [-0.39, 0.29) is 18.9 Å². The maximum atomic E-state index is 12.0. The Morgan fingerprint density at radius 1 is 1.48 bits per heavy atom. The average molecular weight is 315 g/mol. The number of hydrogen-bond acceptors (Lipinski definition) is 6. The van der Waals surface area contributed by atoms with Crippen molar-refractivity contribution < 1.29 is 19.1 Å². The van der Waals surface area contributed by atoms with Crippen LogP contribution in [0.4, 0.5) is 0 Å². The molecule has 2 N–H and O–H groups in total. The van der Waals surface area contributed by atoms with Crippen molar-refractivity contribution >= 4 is 17.8 Å². The number of carbonyl (C=O) groups is 3. The molecule has 120 valence electrons. The Morgan fingerprint density at radius 2 is 2.22 bits per heavy atom. The number of imide groups is 1. The number of piperidine rings is 1. The minimum atomic E-state index is -0.913. The van der Waals surface area contributed by atoms with Gasteiger partial charge in [0, 0.05) is 13.0 Å². The summed E-state index contributed by atoms with van der Waals surface area (Å²) in [4.78, 5) is 35.1. The van der Waals surface area contributed by atoms with Crippen molar-refractivity contribution in [1.82, 2.24) is 10.6 Å². The van der Waals surface area contributed by atoms with Crippen LogP contribution < -0.4 is 10.6 Å². The first-order valence-electron chi connectivity index (χ1n) is 7.10. The number of nitrogens with zero attached hydrogens (tertiary/aromatic N) is 1. The third-order valence-electron chi connectivity index (χ3n) is 3.91. The molecule has 7 heteroatoms. The van der Waals surface area contributed by atoms with Gasteiger partial charge < -0.3 is 4.74 Å². The van der Waals surface area contributed by atoms with E-state index in [1.54, 1.807) is 13.0 Å². The number of esters is 1. The SMILES string of the molecule is COC(=O)c1ccc(C#N)cc1CN[C@]1(C)CCC(=O)NC1=O. The number of ether oxygens (including phenoxy) is 1. The van der Waals surface area contributed by atoms with Gasteiger partial charge in [-0.2, -0.15) is 5.26 Å². The van der Waals surface area contributed by atoms with Gasteiger partial charge in [0.2, 0.25) is 11.8 Å². The molecule has 7 nitrogen and oxygen atoms in total. The Morgan fingerprint density at radius 3 is 2.83 bits per heavy atom. The lowest BCUT2D eigenvalue weighted by Gasteiger charge is -2.32. The van der Waals surface area contributed by atoms with Crippen LogP contribution in [0.15, 0.2) is 18.2 Å². The molecule has 23 heavy (non-hydrogen) atoms. The quantitative estimate of drug-likeness (QED) is 0.623. The van der Waals surface area contributed by atoms with Gasteiger partial charge in [-0.1, -0.05) is 0 Å². The zero-order chi connectivity index (χ0) is 17.0. The maximum absolute atomic E-state index is 12.0. The summed E-state index contributed by atoms with van der Waals surface area (Å²) in [7, 11) is 1.28. The molecule has 1 aliphatic rings. The number of nitriles is 1. The second-order valence-corrected chi connectivity index (χ2v) is 5.54. The van der Waals surface area contributed by atoms with Crippen LogP contribution in [-0.4, -0.2) is 30.4 Å². The molecule has 1 atom stereocenters. The lowest BCUT2D eigenvalue weighted by Crippen LogP contribution is -2.59. The summed E-state index contributed by atoms with van der Waals surface area (Å²) in [6.07, 6.45) is 0.612. The largest absolute Gasteiger partial charge is 0.465 e. The topological polar surface area (TPSA) is 108 Å². The molecule has 0 radical (unpaired) electrons. The number of nitrogens with one attached hydrogen (secondary N) is 2. The first kappa shape index (κ1) is 16.6. The monoisotopic (exact) mass is 315 g/mol. The Kier molecular flexibility index (Phi) is 4.77. The van der Waals surface area contributed by atoms with E-state index in [0.717, 1.165) is 0 Å². The fraction of sp³-hybridized carbons (Fsp3) is 0.375. The van der Waals surface area contributed by atoms with Gasteiger partial charge in [-0.05, 0) is 37.1 Å². The van der Waals surface area contributed by atoms with Crippen LogP contribution in [0.2, 0.25) is 0 Å². The highest BCUT2D eigenvalue weighted by Gasteiger charge is 2.38. The minimum Gasteiger partial charge on any atom is -0.465 e. The van der Waals surface area contributed by atoms with Crippen molar-refractivity contribution in [2.45, 2.75) is 31.8 Å². The summed E-state index contributed by atoms with van der Waals surface area (Å²) in [6.45, 7) is 1.89. The molecule has 1 aliphatic heterocycles. The van der Waals surface area contributed by atoms with Crippen LogP contribution in [0.25, 0.3) is 0 Å². The second kappa shape index (κ2) is 6.58. The molecular weight excluding hydrogens is 298 g/mol. The van der Waals surface area contributed by atoms with E-state index in [0.29, 0.717) is 23.1 Å². The Labute approximate surface area is 133 Å². The Balaban J connectivity index is 2.22. The van der Waals surface area contributed by atoms with E-state index in [2.05, 4.69) is 10.6 Å². The second-order valence-electron chi connectivity index (χ2n) is 5.54. The fourth-order valence-corrected chi connectivity index (χ4v) is 2.38. The summed E-state index contributed by atoms with van der Waals surface area (Å²) in [5.41, 5.74) is 0.379. The summed E-state index contributed by atoms with van der Waals surface area (Å²) in [6, 6.07) is 6.64. The van der Waals surface area contributed by atoms with Crippen molar-refractivity contribution in [3.05, 3.63) is 34.9 Å². The van der Waals surface area contributed by atoms with Gasteiger partial charge in [0.25, 0.3) is 0 Å². The number of benzene rings is 1. The molecule has 1 aromatic rings. The van der Waals surface area contributed by atoms with Gasteiger partial charge in [-0.3, -0.25) is 20.2 Å². The summed E-state index contributed by atoms with van der Waals surface area (Å²) in [5, 5.41) is 14.4.